The smallest absolute Gasteiger partial charge is 0.131 e. The predicted molar refractivity (Wildman–Crippen MR) is 73.3 cm³/mol. The monoisotopic (exact) mass is 287 g/mol. The van der Waals surface area contributed by atoms with Gasteiger partial charge in [-0.1, -0.05) is 22.9 Å². The van der Waals surface area contributed by atoms with Crippen LogP contribution in [-0.2, 0) is 12.4 Å². The predicted octanol–water partition coefficient (Wildman–Crippen LogP) is 3.25. The molecule has 3 nitrogen and oxygen atoms in total. The van der Waals surface area contributed by atoms with Gasteiger partial charge < -0.3 is 4.90 Å². The van der Waals surface area contributed by atoms with Gasteiger partial charge in [-0.05, 0) is 27.2 Å². The maximum atomic E-state index is 4.50. The molecular formula is C12H22BrN3. The Balaban J connectivity index is 3.22. The molecular weight excluding hydrogens is 266 g/mol. The highest BCUT2D eigenvalue weighted by Gasteiger charge is 2.26. The Morgan fingerprint density at radius 3 is 2.44 bits per heavy atom. The maximum Gasteiger partial charge on any atom is 0.131 e. The molecule has 0 saturated heterocycles. The van der Waals surface area contributed by atoms with Crippen molar-refractivity contribution in [3.05, 3.63) is 11.3 Å². The first-order chi connectivity index (χ1) is 7.35. The average Bonchev–Trinajstić information content (AvgIpc) is 2.51. The molecule has 0 unspecified atom stereocenters. The summed E-state index contributed by atoms with van der Waals surface area (Å²) in [6.07, 6.45) is 1.11. The van der Waals surface area contributed by atoms with Crippen molar-refractivity contribution >= 4 is 21.7 Å². The highest BCUT2D eigenvalue weighted by Crippen LogP contribution is 2.30. The largest absolute Gasteiger partial charge is 0.355 e. The summed E-state index contributed by atoms with van der Waals surface area (Å²) in [5.74, 6) is 1.21. The molecule has 4 heteroatoms. The summed E-state index contributed by atoms with van der Waals surface area (Å²) in [6, 6.07) is 0. The van der Waals surface area contributed by atoms with Crippen molar-refractivity contribution in [2.24, 2.45) is 7.05 Å². The first-order valence-corrected chi connectivity index (χ1v) is 6.79. The van der Waals surface area contributed by atoms with E-state index in [1.165, 1.54) is 11.4 Å². The van der Waals surface area contributed by atoms with Crippen LogP contribution < -0.4 is 4.90 Å². The van der Waals surface area contributed by atoms with E-state index >= 15 is 0 Å². The highest BCUT2D eigenvalue weighted by molar-refractivity contribution is 9.08. The molecule has 1 heterocycles. The van der Waals surface area contributed by atoms with Gasteiger partial charge in [0.1, 0.15) is 5.82 Å². The Hall–Kier alpha value is -0.510. The van der Waals surface area contributed by atoms with E-state index in [1.54, 1.807) is 0 Å². The minimum absolute atomic E-state index is 0.150. The molecule has 0 amide bonds. The summed E-state index contributed by atoms with van der Waals surface area (Å²) in [7, 11) is 4.16. The van der Waals surface area contributed by atoms with Gasteiger partial charge in [0.2, 0.25) is 0 Å². The van der Waals surface area contributed by atoms with E-state index in [0.29, 0.717) is 0 Å². The van der Waals surface area contributed by atoms with Crippen molar-refractivity contribution < 1.29 is 0 Å². The highest BCUT2D eigenvalue weighted by atomic mass is 79.9. The van der Waals surface area contributed by atoms with E-state index < -0.39 is 0 Å². The van der Waals surface area contributed by atoms with Crippen molar-refractivity contribution in [2.45, 2.75) is 45.0 Å². The molecule has 1 aromatic rings. The Morgan fingerprint density at radius 2 is 2.00 bits per heavy atom. The molecule has 0 fully saturated rings. The fourth-order valence-electron chi connectivity index (χ4n) is 1.79. The second-order valence-electron chi connectivity index (χ2n) is 4.87. The van der Waals surface area contributed by atoms with Crippen LogP contribution in [0.5, 0.6) is 0 Å². The summed E-state index contributed by atoms with van der Waals surface area (Å²) in [5, 5.41) is 5.35. The molecule has 1 rings (SSSR count). The maximum absolute atomic E-state index is 4.50. The van der Waals surface area contributed by atoms with E-state index in [1.807, 2.05) is 11.7 Å². The van der Waals surface area contributed by atoms with E-state index in [-0.39, 0.29) is 5.54 Å². The van der Waals surface area contributed by atoms with Gasteiger partial charge in [0.25, 0.3) is 0 Å². The number of anilines is 1. The minimum Gasteiger partial charge on any atom is -0.355 e. The van der Waals surface area contributed by atoms with Crippen LogP contribution in [0.3, 0.4) is 0 Å². The fraction of sp³-hybridized carbons (Fsp3) is 0.750. The van der Waals surface area contributed by atoms with Crippen molar-refractivity contribution in [1.29, 1.82) is 0 Å². The summed E-state index contributed by atoms with van der Waals surface area (Å²) >= 11 is 3.55. The molecule has 92 valence electrons. The van der Waals surface area contributed by atoms with Gasteiger partial charge in [-0.15, -0.1) is 0 Å². The number of halogens is 1. The van der Waals surface area contributed by atoms with Crippen molar-refractivity contribution in [3.63, 3.8) is 0 Å². The lowest BCUT2D eigenvalue weighted by Gasteiger charge is -2.37. The van der Waals surface area contributed by atoms with Gasteiger partial charge in [0.05, 0.1) is 5.69 Å². The molecule has 0 aromatic carbocycles. The number of aryl methyl sites for hydroxylation is 2. The number of aromatic nitrogens is 2. The standard InChI is InChI=1S/C12H22BrN3/c1-7-12(3,4)15(5)11-10(8-13)9(2)14-16(11)6/h7-8H2,1-6H3. The number of rotatable bonds is 4. The van der Waals surface area contributed by atoms with Crippen molar-refractivity contribution in [2.75, 3.05) is 11.9 Å². The lowest BCUT2D eigenvalue weighted by atomic mass is 9.99. The summed E-state index contributed by atoms with van der Waals surface area (Å²) in [5.41, 5.74) is 2.54. The number of hydrogen-bond donors (Lipinski definition) is 0. The minimum atomic E-state index is 0.150. The summed E-state index contributed by atoms with van der Waals surface area (Å²) < 4.78 is 1.98. The van der Waals surface area contributed by atoms with Gasteiger partial charge in [-0.25, -0.2) is 0 Å². The number of alkyl halides is 1. The third-order valence-electron chi connectivity index (χ3n) is 3.54. The van der Waals surface area contributed by atoms with E-state index in [9.17, 15) is 0 Å². The number of hydrogen-bond acceptors (Lipinski definition) is 2. The van der Waals surface area contributed by atoms with Gasteiger partial charge in [0, 0.05) is 30.5 Å². The third kappa shape index (κ3) is 2.26. The topological polar surface area (TPSA) is 21.1 Å². The Kier molecular flexibility index (Phi) is 4.05. The molecule has 16 heavy (non-hydrogen) atoms. The average molecular weight is 288 g/mol. The van der Waals surface area contributed by atoms with E-state index in [4.69, 9.17) is 0 Å². The van der Waals surface area contributed by atoms with Crippen LogP contribution in [0.2, 0.25) is 0 Å². The lowest BCUT2D eigenvalue weighted by Crippen LogP contribution is -2.42. The second-order valence-corrected chi connectivity index (χ2v) is 5.43. The van der Waals surface area contributed by atoms with Crippen LogP contribution in [0.15, 0.2) is 0 Å². The van der Waals surface area contributed by atoms with Crippen LogP contribution >= 0.6 is 15.9 Å². The second kappa shape index (κ2) is 4.78. The third-order valence-corrected chi connectivity index (χ3v) is 4.10. The Morgan fingerprint density at radius 1 is 1.44 bits per heavy atom. The van der Waals surface area contributed by atoms with Gasteiger partial charge in [-0.2, -0.15) is 5.10 Å². The first kappa shape index (κ1) is 13.6. The SMILES string of the molecule is CCC(C)(C)N(C)c1c(CBr)c(C)nn1C. The van der Waals surface area contributed by atoms with E-state index in [2.05, 4.69) is 60.7 Å². The zero-order chi connectivity index (χ0) is 12.5. The van der Waals surface area contributed by atoms with Gasteiger partial charge >= 0.3 is 0 Å². The number of nitrogens with zero attached hydrogens (tertiary/aromatic N) is 3. The van der Waals surface area contributed by atoms with E-state index in [0.717, 1.165) is 17.4 Å². The molecule has 0 spiro atoms. The summed E-state index contributed by atoms with van der Waals surface area (Å²) in [4.78, 5) is 2.32. The van der Waals surface area contributed by atoms with Crippen LogP contribution in [0.4, 0.5) is 5.82 Å². The quantitative estimate of drug-likeness (QED) is 0.793. The van der Waals surface area contributed by atoms with Crippen LogP contribution in [-0.4, -0.2) is 22.4 Å². The molecule has 0 aliphatic carbocycles. The van der Waals surface area contributed by atoms with Crippen molar-refractivity contribution in [3.8, 4) is 0 Å². The molecule has 1 aromatic heterocycles. The van der Waals surface area contributed by atoms with Crippen LogP contribution in [0.1, 0.15) is 38.4 Å². The van der Waals surface area contributed by atoms with Crippen LogP contribution in [0, 0.1) is 6.92 Å². The summed E-state index contributed by atoms with van der Waals surface area (Å²) in [6.45, 7) is 8.79. The molecule has 0 radical (unpaired) electrons. The molecule has 0 bridgehead atoms. The molecule has 0 atom stereocenters. The zero-order valence-electron chi connectivity index (χ0n) is 11.1. The van der Waals surface area contributed by atoms with Crippen molar-refractivity contribution in [1.82, 2.24) is 9.78 Å². The lowest BCUT2D eigenvalue weighted by molar-refractivity contribution is 0.459. The van der Waals surface area contributed by atoms with Gasteiger partial charge in [-0.3, -0.25) is 4.68 Å². The molecule has 0 aliphatic rings. The normalized spacial score (nSPS) is 11.9. The molecule has 0 aliphatic heterocycles. The fourth-order valence-corrected chi connectivity index (χ4v) is 2.45. The zero-order valence-corrected chi connectivity index (χ0v) is 12.7. The molecule has 0 N–H and O–H groups in total. The molecule has 0 saturated carbocycles. The first-order valence-electron chi connectivity index (χ1n) is 5.67. The Bertz CT molecular complexity index is 369. The van der Waals surface area contributed by atoms with Crippen LogP contribution in [0.25, 0.3) is 0 Å². The van der Waals surface area contributed by atoms with Gasteiger partial charge in [0.15, 0.2) is 0 Å². The Labute approximate surface area is 107 Å².